The zero-order valence-corrected chi connectivity index (χ0v) is 9.52. The first-order chi connectivity index (χ1) is 6.53. The third-order valence-corrected chi connectivity index (χ3v) is 4.13. The van der Waals surface area contributed by atoms with Crippen molar-refractivity contribution in [2.75, 3.05) is 12.3 Å². The van der Waals surface area contributed by atoms with Gasteiger partial charge in [0.2, 0.25) is 10.0 Å². The van der Waals surface area contributed by atoms with Crippen LogP contribution >= 0.6 is 0 Å². The lowest BCUT2D eigenvalue weighted by Crippen LogP contribution is -2.40. The molecule has 5 heteroatoms. The van der Waals surface area contributed by atoms with E-state index >= 15 is 0 Å². The fourth-order valence-corrected chi connectivity index (χ4v) is 3.16. The maximum atomic E-state index is 11.4. The number of hydrogen-bond acceptors (Lipinski definition) is 3. The summed E-state index contributed by atoms with van der Waals surface area (Å²) in [6.45, 7) is 2.36. The highest BCUT2D eigenvalue weighted by Crippen LogP contribution is 2.23. The minimum absolute atomic E-state index is 0.0396. The van der Waals surface area contributed by atoms with E-state index in [9.17, 15) is 8.42 Å². The Morgan fingerprint density at radius 2 is 2.14 bits per heavy atom. The SMILES string of the molecule is CC1CCCC(NS(=O)(=O)CCN)C1. The molecule has 3 N–H and O–H groups in total. The van der Waals surface area contributed by atoms with Crippen LogP contribution < -0.4 is 10.5 Å². The fraction of sp³-hybridized carbons (Fsp3) is 1.00. The van der Waals surface area contributed by atoms with E-state index in [0.29, 0.717) is 5.92 Å². The van der Waals surface area contributed by atoms with Gasteiger partial charge in [-0.25, -0.2) is 13.1 Å². The topological polar surface area (TPSA) is 72.2 Å². The van der Waals surface area contributed by atoms with Crippen LogP contribution in [0.25, 0.3) is 0 Å². The molecule has 14 heavy (non-hydrogen) atoms. The minimum atomic E-state index is -3.13. The molecule has 1 aliphatic carbocycles. The predicted octanol–water partition coefficient (Wildman–Crippen LogP) is 0.443. The second-order valence-corrected chi connectivity index (χ2v) is 6.07. The maximum absolute atomic E-state index is 11.4. The van der Waals surface area contributed by atoms with Crippen LogP contribution in [0, 0.1) is 5.92 Å². The van der Waals surface area contributed by atoms with Crippen molar-refractivity contribution in [1.82, 2.24) is 4.72 Å². The van der Waals surface area contributed by atoms with E-state index in [4.69, 9.17) is 5.73 Å². The quantitative estimate of drug-likeness (QED) is 0.722. The molecule has 2 unspecified atom stereocenters. The van der Waals surface area contributed by atoms with E-state index in [2.05, 4.69) is 11.6 Å². The highest BCUT2D eigenvalue weighted by molar-refractivity contribution is 7.89. The number of nitrogens with one attached hydrogen (secondary N) is 1. The van der Waals surface area contributed by atoms with Crippen LogP contribution in [0.4, 0.5) is 0 Å². The van der Waals surface area contributed by atoms with Gasteiger partial charge in [-0.2, -0.15) is 0 Å². The average molecular weight is 220 g/mol. The summed E-state index contributed by atoms with van der Waals surface area (Å²) < 4.78 is 25.5. The number of nitrogens with two attached hydrogens (primary N) is 1. The van der Waals surface area contributed by atoms with Gasteiger partial charge in [0.15, 0.2) is 0 Å². The summed E-state index contributed by atoms with van der Waals surface area (Å²) in [6.07, 6.45) is 4.27. The van der Waals surface area contributed by atoms with Crippen LogP contribution in [0.5, 0.6) is 0 Å². The van der Waals surface area contributed by atoms with Gasteiger partial charge < -0.3 is 5.73 Å². The smallest absolute Gasteiger partial charge is 0.213 e. The minimum Gasteiger partial charge on any atom is -0.329 e. The molecule has 1 fully saturated rings. The molecule has 0 aromatic heterocycles. The van der Waals surface area contributed by atoms with Crippen molar-refractivity contribution < 1.29 is 8.42 Å². The van der Waals surface area contributed by atoms with E-state index < -0.39 is 10.0 Å². The molecule has 4 nitrogen and oxygen atoms in total. The average Bonchev–Trinajstić information content (AvgIpc) is 2.02. The molecule has 1 saturated carbocycles. The summed E-state index contributed by atoms with van der Waals surface area (Å²) >= 11 is 0. The van der Waals surface area contributed by atoms with Gasteiger partial charge in [0, 0.05) is 12.6 Å². The summed E-state index contributed by atoms with van der Waals surface area (Å²) in [7, 11) is -3.13. The van der Waals surface area contributed by atoms with Gasteiger partial charge in [-0.05, 0) is 18.8 Å². The molecule has 2 atom stereocenters. The number of rotatable bonds is 4. The van der Waals surface area contributed by atoms with Crippen molar-refractivity contribution in [3.63, 3.8) is 0 Å². The molecular formula is C9H20N2O2S. The standard InChI is InChI=1S/C9H20N2O2S/c1-8-3-2-4-9(7-8)11-14(12,13)6-5-10/h8-9,11H,2-7,10H2,1H3. The lowest BCUT2D eigenvalue weighted by Gasteiger charge is -2.27. The molecule has 0 aliphatic heterocycles. The Labute approximate surface area is 86.3 Å². The second-order valence-electron chi connectivity index (χ2n) is 4.19. The van der Waals surface area contributed by atoms with Crippen molar-refractivity contribution >= 4 is 10.0 Å². The van der Waals surface area contributed by atoms with Crippen LogP contribution in [-0.2, 0) is 10.0 Å². The normalized spacial score (nSPS) is 29.0. The van der Waals surface area contributed by atoms with E-state index in [-0.39, 0.29) is 18.3 Å². The Kier molecular flexibility index (Phi) is 4.34. The lowest BCUT2D eigenvalue weighted by atomic mass is 9.88. The van der Waals surface area contributed by atoms with Crippen LogP contribution in [-0.4, -0.2) is 26.8 Å². The first-order valence-corrected chi connectivity index (χ1v) is 6.89. The first-order valence-electron chi connectivity index (χ1n) is 5.23. The van der Waals surface area contributed by atoms with Gasteiger partial charge in [-0.3, -0.25) is 0 Å². The Balaban J connectivity index is 2.43. The molecule has 0 aromatic rings. The molecule has 0 saturated heterocycles. The van der Waals surface area contributed by atoms with Crippen molar-refractivity contribution in [2.45, 2.75) is 38.6 Å². The summed E-state index contributed by atoms with van der Waals surface area (Å²) in [6, 6.07) is 0.135. The number of hydrogen-bond donors (Lipinski definition) is 2. The van der Waals surface area contributed by atoms with Gasteiger partial charge >= 0.3 is 0 Å². The Morgan fingerprint density at radius 3 is 2.71 bits per heavy atom. The third-order valence-electron chi connectivity index (χ3n) is 2.67. The van der Waals surface area contributed by atoms with E-state index in [0.717, 1.165) is 19.3 Å². The van der Waals surface area contributed by atoms with Crippen molar-refractivity contribution in [3.8, 4) is 0 Å². The molecule has 1 aliphatic rings. The zero-order valence-electron chi connectivity index (χ0n) is 8.70. The lowest BCUT2D eigenvalue weighted by molar-refractivity contribution is 0.327. The monoisotopic (exact) mass is 220 g/mol. The molecule has 0 amide bonds. The molecule has 84 valence electrons. The summed E-state index contributed by atoms with van der Waals surface area (Å²) in [5.41, 5.74) is 5.23. The van der Waals surface area contributed by atoms with Gasteiger partial charge in [-0.1, -0.05) is 19.8 Å². The van der Waals surface area contributed by atoms with Gasteiger partial charge in [0.25, 0.3) is 0 Å². The zero-order chi connectivity index (χ0) is 10.6. The van der Waals surface area contributed by atoms with E-state index in [1.165, 1.54) is 6.42 Å². The molecule has 0 aromatic carbocycles. The largest absolute Gasteiger partial charge is 0.329 e. The highest BCUT2D eigenvalue weighted by Gasteiger charge is 2.22. The molecule has 1 rings (SSSR count). The Morgan fingerprint density at radius 1 is 1.43 bits per heavy atom. The molecule has 0 radical (unpaired) electrons. The first kappa shape index (κ1) is 11.9. The number of sulfonamides is 1. The summed E-state index contributed by atoms with van der Waals surface area (Å²) in [5, 5.41) is 0. The van der Waals surface area contributed by atoms with E-state index in [1.807, 2.05) is 0 Å². The fourth-order valence-electron chi connectivity index (χ4n) is 2.01. The highest BCUT2D eigenvalue weighted by atomic mass is 32.2. The second kappa shape index (κ2) is 5.09. The molecule has 0 spiro atoms. The van der Waals surface area contributed by atoms with Gasteiger partial charge in [0.05, 0.1) is 5.75 Å². The van der Waals surface area contributed by atoms with Crippen molar-refractivity contribution in [1.29, 1.82) is 0 Å². The molecule has 0 heterocycles. The van der Waals surface area contributed by atoms with Crippen LogP contribution in [0.3, 0.4) is 0 Å². The molecular weight excluding hydrogens is 200 g/mol. The van der Waals surface area contributed by atoms with Crippen LogP contribution in [0.2, 0.25) is 0 Å². The van der Waals surface area contributed by atoms with Crippen LogP contribution in [0.1, 0.15) is 32.6 Å². The summed E-state index contributed by atoms with van der Waals surface area (Å²) in [5.74, 6) is 0.673. The Hall–Kier alpha value is -0.130. The Bertz CT molecular complexity index is 264. The van der Waals surface area contributed by atoms with Crippen molar-refractivity contribution in [3.05, 3.63) is 0 Å². The maximum Gasteiger partial charge on any atom is 0.213 e. The van der Waals surface area contributed by atoms with Crippen molar-refractivity contribution in [2.24, 2.45) is 11.7 Å². The predicted molar refractivity (Wildman–Crippen MR) is 57.4 cm³/mol. The summed E-state index contributed by atoms with van der Waals surface area (Å²) in [4.78, 5) is 0. The third kappa shape index (κ3) is 3.94. The van der Waals surface area contributed by atoms with Gasteiger partial charge in [-0.15, -0.1) is 0 Å². The van der Waals surface area contributed by atoms with Crippen LogP contribution in [0.15, 0.2) is 0 Å². The van der Waals surface area contributed by atoms with E-state index in [1.54, 1.807) is 0 Å². The molecule has 0 bridgehead atoms. The van der Waals surface area contributed by atoms with Gasteiger partial charge in [0.1, 0.15) is 0 Å².